The zero-order chi connectivity index (χ0) is 16.4. The van der Waals surface area contributed by atoms with E-state index in [0.29, 0.717) is 22.1 Å². The van der Waals surface area contributed by atoms with Crippen molar-refractivity contribution in [2.75, 3.05) is 5.32 Å². The standard InChI is InChI=1S/C17H15ClN4O/c1-11-8-9-14(18)15(10-11)22-12(2)16(20-21-22)17(23)19-13-6-4-3-5-7-13/h3-10H,1-2H3,(H,19,23). The van der Waals surface area contributed by atoms with Crippen LogP contribution in [0.5, 0.6) is 0 Å². The maximum absolute atomic E-state index is 12.4. The van der Waals surface area contributed by atoms with E-state index in [9.17, 15) is 4.79 Å². The van der Waals surface area contributed by atoms with Gasteiger partial charge in [0, 0.05) is 5.69 Å². The number of carbonyl (C=O) groups excluding carboxylic acids is 1. The van der Waals surface area contributed by atoms with Gasteiger partial charge in [-0.15, -0.1) is 5.10 Å². The van der Waals surface area contributed by atoms with Gasteiger partial charge in [0.2, 0.25) is 0 Å². The normalized spacial score (nSPS) is 10.6. The lowest BCUT2D eigenvalue weighted by Gasteiger charge is -2.07. The fourth-order valence-corrected chi connectivity index (χ4v) is 2.46. The van der Waals surface area contributed by atoms with Crippen LogP contribution in [0.15, 0.2) is 48.5 Å². The summed E-state index contributed by atoms with van der Waals surface area (Å²) in [6.07, 6.45) is 0. The van der Waals surface area contributed by atoms with Crippen molar-refractivity contribution in [2.24, 2.45) is 0 Å². The average Bonchev–Trinajstić information content (AvgIpc) is 2.92. The van der Waals surface area contributed by atoms with Crippen LogP contribution in [-0.4, -0.2) is 20.9 Å². The van der Waals surface area contributed by atoms with Crippen molar-refractivity contribution < 1.29 is 4.79 Å². The van der Waals surface area contributed by atoms with Crippen LogP contribution in [0.3, 0.4) is 0 Å². The summed E-state index contributed by atoms with van der Waals surface area (Å²) < 4.78 is 1.58. The lowest BCUT2D eigenvalue weighted by atomic mass is 10.2. The van der Waals surface area contributed by atoms with E-state index in [1.807, 2.05) is 49.4 Å². The molecule has 0 saturated heterocycles. The number of para-hydroxylation sites is 1. The molecule has 0 unspecified atom stereocenters. The van der Waals surface area contributed by atoms with Gasteiger partial charge in [-0.3, -0.25) is 4.79 Å². The molecule has 0 aliphatic heterocycles. The third-order valence-corrected chi connectivity index (χ3v) is 3.79. The summed E-state index contributed by atoms with van der Waals surface area (Å²) in [7, 11) is 0. The minimum absolute atomic E-state index is 0.270. The second-order valence-corrected chi connectivity index (χ2v) is 5.62. The number of aryl methyl sites for hydroxylation is 1. The minimum atomic E-state index is -0.302. The highest BCUT2D eigenvalue weighted by Crippen LogP contribution is 2.23. The molecule has 2 aromatic carbocycles. The SMILES string of the molecule is Cc1ccc(Cl)c(-n2nnc(C(=O)Nc3ccccc3)c2C)c1. The molecule has 1 N–H and O–H groups in total. The van der Waals surface area contributed by atoms with Gasteiger partial charge in [-0.2, -0.15) is 0 Å². The summed E-state index contributed by atoms with van der Waals surface area (Å²) in [5.41, 5.74) is 3.36. The molecule has 0 bridgehead atoms. The van der Waals surface area contributed by atoms with E-state index in [4.69, 9.17) is 11.6 Å². The molecule has 0 saturated carbocycles. The summed E-state index contributed by atoms with van der Waals surface area (Å²) in [6, 6.07) is 14.8. The number of halogens is 1. The van der Waals surface area contributed by atoms with Gasteiger partial charge in [-0.1, -0.05) is 41.1 Å². The van der Waals surface area contributed by atoms with E-state index in [0.717, 1.165) is 5.56 Å². The number of anilines is 1. The third kappa shape index (κ3) is 3.10. The van der Waals surface area contributed by atoms with Gasteiger partial charge in [0.15, 0.2) is 5.69 Å². The number of carbonyl (C=O) groups is 1. The first-order valence-electron chi connectivity index (χ1n) is 7.11. The first-order valence-corrected chi connectivity index (χ1v) is 7.49. The lowest BCUT2D eigenvalue weighted by Crippen LogP contribution is -2.14. The molecule has 3 aromatic rings. The maximum Gasteiger partial charge on any atom is 0.278 e. The molecule has 5 nitrogen and oxygen atoms in total. The second kappa shape index (κ2) is 6.22. The number of nitrogens with one attached hydrogen (secondary N) is 1. The predicted octanol–water partition coefficient (Wildman–Crippen LogP) is 3.79. The first-order chi connectivity index (χ1) is 11.1. The fraction of sp³-hybridized carbons (Fsp3) is 0.118. The van der Waals surface area contributed by atoms with Crippen molar-refractivity contribution in [2.45, 2.75) is 13.8 Å². The van der Waals surface area contributed by atoms with E-state index >= 15 is 0 Å². The number of amides is 1. The Bertz CT molecular complexity index is 858. The Morgan fingerprint density at radius 1 is 1.13 bits per heavy atom. The zero-order valence-corrected chi connectivity index (χ0v) is 13.5. The van der Waals surface area contributed by atoms with Crippen molar-refractivity contribution in [3.8, 4) is 5.69 Å². The molecule has 0 aliphatic carbocycles. The summed E-state index contributed by atoms with van der Waals surface area (Å²) in [6.45, 7) is 3.76. The maximum atomic E-state index is 12.4. The summed E-state index contributed by atoms with van der Waals surface area (Å²) in [4.78, 5) is 12.4. The highest BCUT2D eigenvalue weighted by Gasteiger charge is 2.18. The summed E-state index contributed by atoms with van der Waals surface area (Å²) in [5.74, 6) is -0.302. The van der Waals surface area contributed by atoms with Gasteiger partial charge in [0.25, 0.3) is 5.91 Å². The van der Waals surface area contributed by atoms with Crippen LogP contribution in [0.25, 0.3) is 5.69 Å². The number of hydrogen-bond donors (Lipinski definition) is 1. The summed E-state index contributed by atoms with van der Waals surface area (Å²) in [5, 5.41) is 11.4. The molecule has 1 aromatic heterocycles. The lowest BCUT2D eigenvalue weighted by molar-refractivity contribution is 0.102. The van der Waals surface area contributed by atoms with Gasteiger partial charge in [0.1, 0.15) is 0 Å². The van der Waals surface area contributed by atoms with Gasteiger partial charge >= 0.3 is 0 Å². The van der Waals surface area contributed by atoms with Crippen molar-refractivity contribution in [3.63, 3.8) is 0 Å². The van der Waals surface area contributed by atoms with Crippen LogP contribution in [0.2, 0.25) is 5.02 Å². The average molecular weight is 327 g/mol. The highest BCUT2D eigenvalue weighted by molar-refractivity contribution is 6.32. The predicted molar refractivity (Wildman–Crippen MR) is 90.2 cm³/mol. The molecule has 116 valence electrons. The fourth-order valence-electron chi connectivity index (χ4n) is 2.26. The monoisotopic (exact) mass is 326 g/mol. The van der Waals surface area contributed by atoms with E-state index in [1.165, 1.54) is 0 Å². The van der Waals surface area contributed by atoms with Gasteiger partial charge < -0.3 is 5.32 Å². The molecule has 0 spiro atoms. The molecule has 6 heteroatoms. The van der Waals surface area contributed by atoms with Crippen LogP contribution < -0.4 is 5.32 Å². The van der Waals surface area contributed by atoms with Crippen LogP contribution in [-0.2, 0) is 0 Å². The van der Waals surface area contributed by atoms with Gasteiger partial charge in [0.05, 0.1) is 16.4 Å². The Labute approximate surface area is 138 Å². The Balaban J connectivity index is 1.93. The number of rotatable bonds is 3. The number of nitrogens with zero attached hydrogens (tertiary/aromatic N) is 3. The van der Waals surface area contributed by atoms with Crippen LogP contribution in [0.4, 0.5) is 5.69 Å². The summed E-state index contributed by atoms with van der Waals surface area (Å²) >= 11 is 6.23. The van der Waals surface area contributed by atoms with Crippen LogP contribution in [0, 0.1) is 13.8 Å². The van der Waals surface area contributed by atoms with Crippen molar-refractivity contribution >= 4 is 23.2 Å². The van der Waals surface area contributed by atoms with E-state index in [1.54, 1.807) is 17.7 Å². The van der Waals surface area contributed by atoms with E-state index in [-0.39, 0.29) is 11.6 Å². The molecule has 0 fully saturated rings. The smallest absolute Gasteiger partial charge is 0.278 e. The molecule has 3 rings (SSSR count). The number of aromatic nitrogens is 3. The molecule has 0 aliphatic rings. The molecule has 1 heterocycles. The third-order valence-electron chi connectivity index (χ3n) is 3.47. The topological polar surface area (TPSA) is 59.8 Å². The van der Waals surface area contributed by atoms with Crippen molar-refractivity contribution in [1.82, 2.24) is 15.0 Å². The van der Waals surface area contributed by atoms with Gasteiger partial charge in [-0.05, 0) is 43.7 Å². The van der Waals surface area contributed by atoms with Gasteiger partial charge in [-0.25, -0.2) is 4.68 Å². The largest absolute Gasteiger partial charge is 0.321 e. The number of benzene rings is 2. The second-order valence-electron chi connectivity index (χ2n) is 5.21. The van der Waals surface area contributed by atoms with Crippen LogP contribution >= 0.6 is 11.6 Å². The molecular formula is C17H15ClN4O. The zero-order valence-electron chi connectivity index (χ0n) is 12.7. The Morgan fingerprint density at radius 2 is 1.87 bits per heavy atom. The molecule has 1 amide bonds. The molecular weight excluding hydrogens is 312 g/mol. The Kier molecular flexibility index (Phi) is 4.12. The minimum Gasteiger partial charge on any atom is -0.321 e. The molecule has 0 radical (unpaired) electrons. The van der Waals surface area contributed by atoms with E-state index in [2.05, 4.69) is 15.6 Å². The Hall–Kier alpha value is -2.66. The van der Waals surface area contributed by atoms with E-state index < -0.39 is 0 Å². The Morgan fingerprint density at radius 3 is 2.61 bits per heavy atom. The first kappa shape index (κ1) is 15.2. The quantitative estimate of drug-likeness (QED) is 0.796. The van der Waals surface area contributed by atoms with Crippen LogP contribution in [0.1, 0.15) is 21.7 Å². The van der Waals surface area contributed by atoms with Crippen molar-refractivity contribution in [1.29, 1.82) is 0 Å². The molecule has 23 heavy (non-hydrogen) atoms. The number of hydrogen-bond acceptors (Lipinski definition) is 3. The molecule has 0 atom stereocenters. The highest BCUT2D eigenvalue weighted by atomic mass is 35.5. The van der Waals surface area contributed by atoms with Crippen molar-refractivity contribution in [3.05, 3.63) is 70.5 Å².